The molecular formula is C86H84BN3. The molecule has 2 aliphatic heterocycles. The number of aryl methyl sites for hydroxylation is 4. The number of unbranched alkanes of at least 4 members (excludes halogenated alkanes) is 8. The predicted octanol–water partition coefficient (Wildman–Crippen LogP) is 22.5. The normalized spacial score (nSPS) is 12.4. The van der Waals surface area contributed by atoms with Gasteiger partial charge in [0.1, 0.15) is 0 Å². The molecule has 0 aliphatic carbocycles. The number of rotatable bonds is 23. The van der Waals surface area contributed by atoms with Crippen molar-refractivity contribution in [3.05, 3.63) is 265 Å². The van der Waals surface area contributed by atoms with Gasteiger partial charge < -0.3 is 14.4 Å². The summed E-state index contributed by atoms with van der Waals surface area (Å²) in [5, 5.41) is 2.69. The van der Waals surface area contributed by atoms with E-state index in [0.717, 1.165) is 44.9 Å². The van der Waals surface area contributed by atoms with Crippen LogP contribution in [0.4, 0.5) is 34.1 Å². The molecule has 0 radical (unpaired) electrons. The Morgan fingerprint density at radius 3 is 1.03 bits per heavy atom. The highest BCUT2D eigenvalue weighted by molar-refractivity contribution is 7.00. The van der Waals surface area contributed by atoms with Crippen LogP contribution in [0.15, 0.2) is 243 Å². The Morgan fingerprint density at radius 1 is 0.289 bits per heavy atom. The fourth-order valence-corrected chi connectivity index (χ4v) is 15.0. The van der Waals surface area contributed by atoms with E-state index >= 15 is 0 Å². The Kier molecular flexibility index (Phi) is 17.3. The van der Waals surface area contributed by atoms with Crippen LogP contribution < -0.4 is 26.2 Å². The molecule has 1 aromatic heterocycles. The van der Waals surface area contributed by atoms with Gasteiger partial charge in [0.2, 0.25) is 0 Å². The maximum Gasteiger partial charge on any atom is 0.252 e. The number of hydrogen-bond acceptors (Lipinski definition) is 2. The molecule has 12 aromatic rings. The van der Waals surface area contributed by atoms with Crippen molar-refractivity contribution in [3.63, 3.8) is 0 Å². The lowest BCUT2D eigenvalue weighted by Crippen LogP contribution is -2.61. The smallest absolute Gasteiger partial charge is 0.252 e. The lowest BCUT2D eigenvalue weighted by Gasteiger charge is -2.46. The minimum atomic E-state index is -0.0847. The fourth-order valence-electron chi connectivity index (χ4n) is 15.0. The van der Waals surface area contributed by atoms with Gasteiger partial charge in [-0.15, -0.1) is 0 Å². The average Bonchev–Trinajstić information content (AvgIpc) is 0.774. The van der Waals surface area contributed by atoms with E-state index in [2.05, 4.69) is 285 Å². The van der Waals surface area contributed by atoms with Crippen molar-refractivity contribution in [2.45, 2.75) is 130 Å². The second-order valence-electron chi connectivity index (χ2n) is 25.5. The Labute approximate surface area is 535 Å². The van der Waals surface area contributed by atoms with Gasteiger partial charge in [0.05, 0.1) is 22.4 Å². The lowest BCUT2D eigenvalue weighted by molar-refractivity contribution is 0.717. The molecule has 90 heavy (non-hydrogen) atoms. The number of anilines is 6. The van der Waals surface area contributed by atoms with Gasteiger partial charge in [0.25, 0.3) is 6.71 Å². The Balaban J connectivity index is 1.11. The van der Waals surface area contributed by atoms with Gasteiger partial charge in [0, 0.05) is 61.5 Å². The van der Waals surface area contributed by atoms with E-state index in [1.807, 2.05) is 0 Å². The van der Waals surface area contributed by atoms with E-state index in [0.29, 0.717) is 0 Å². The van der Waals surface area contributed by atoms with E-state index in [1.54, 1.807) is 0 Å². The molecule has 0 atom stereocenters. The standard InChI is InChI=1S/C86H84BN3/c1-5-9-17-31-61-48-53-78-74(55-61)75-56-62(32-18-10-6-2)49-54-79(75)88(78)69-50-52-77-81(60-69)90(86-72(67-39-25-15-26-40-67)45-30-46-73(86)68-41-27-16-28-42-68)83-59-64(34-20-12-8-4)58-82-84(83)87(77)76-51-47-63(33-19-11-7-3)57-80(76)89(82)85-70(65-35-21-13-22-36-65)43-29-44-71(85)66-37-23-14-24-38-66/h13-16,21-30,35-60H,5-12,17-20,31-34H2,1-4H3. The number of para-hydroxylation sites is 2. The van der Waals surface area contributed by atoms with Crippen molar-refractivity contribution in [3.8, 4) is 50.2 Å². The van der Waals surface area contributed by atoms with Crippen LogP contribution in [0, 0.1) is 0 Å². The van der Waals surface area contributed by atoms with Gasteiger partial charge in [0.15, 0.2) is 0 Å². The molecule has 4 heteroatoms. The molecule has 3 nitrogen and oxygen atoms in total. The number of hydrogen-bond donors (Lipinski definition) is 0. The van der Waals surface area contributed by atoms with Crippen LogP contribution in [0.2, 0.25) is 0 Å². The summed E-state index contributed by atoms with van der Waals surface area (Å²) in [6, 6.07) is 93.9. The largest absolute Gasteiger partial charge is 0.310 e. The van der Waals surface area contributed by atoms with Crippen LogP contribution in [0.1, 0.15) is 127 Å². The van der Waals surface area contributed by atoms with Crippen molar-refractivity contribution >= 4 is 79.0 Å². The zero-order valence-corrected chi connectivity index (χ0v) is 53.3. The summed E-state index contributed by atoms with van der Waals surface area (Å²) in [4.78, 5) is 5.49. The minimum Gasteiger partial charge on any atom is -0.310 e. The first kappa shape index (κ1) is 58.6. The highest BCUT2D eigenvalue weighted by Gasteiger charge is 2.45. The molecule has 3 heterocycles. The third-order valence-electron chi connectivity index (χ3n) is 19.5. The second kappa shape index (κ2) is 26.5. The van der Waals surface area contributed by atoms with Gasteiger partial charge in [-0.1, -0.05) is 267 Å². The third kappa shape index (κ3) is 11.2. The van der Waals surface area contributed by atoms with Crippen molar-refractivity contribution < 1.29 is 0 Å². The molecule has 0 amide bonds. The summed E-state index contributed by atoms with van der Waals surface area (Å²) in [6.07, 6.45) is 18.5. The summed E-state index contributed by atoms with van der Waals surface area (Å²) in [7, 11) is 0. The first-order valence-corrected chi connectivity index (χ1v) is 34.1. The van der Waals surface area contributed by atoms with Crippen LogP contribution in [0.3, 0.4) is 0 Å². The van der Waals surface area contributed by atoms with Crippen molar-refractivity contribution in [1.82, 2.24) is 4.57 Å². The molecule has 0 bridgehead atoms. The quantitative estimate of drug-likeness (QED) is 0.0467. The molecule has 0 unspecified atom stereocenters. The molecule has 0 saturated heterocycles. The molecule has 0 fully saturated rings. The average molecular weight is 1170 g/mol. The summed E-state index contributed by atoms with van der Waals surface area (Å²) in [5.74, 6) is 0. The zero-order chi connectivity index (χ0) is 60.9. The monoisotopic (exact) mass is 1170 g/mol. The van der Waals surface area contributed by atoms with Crippen LogP contribution in [0.25, 0.3) is 72.0 Å². The number of nitrogens with zero attached hydrogens (tertiary/aromatic N) is 3. The highest BCUT2D eigenvalue weighted by Crippen LogP contribution is 2.53. The summed E-state index contributed by atoms with van der Waals surface area (Å²) >= 11 is 0. The third-order valence-corrected chi connectivity index (χ3v) is 19.5. The molecular weight excluding hydrogens is 1090 g/mol. The van der Waals surface area contributed by atoms with Gasteiger partial charge in [-0.25, -0.2) is 0 Å². The van der Waals surface area contributed by atoms with Crippen molar-refractivity contribution in [2.24, 2.45) is 0 Å². The molecule has 14 rings (SSSR count). The highest BCUT2D eigenvalue weighted by atomic mass is 15.2. The zero-order valence-electron chi connectivity index (χ0n) is 53.3. The van der Waals surface area contributed by atoms with Crippen LogP contribution in [-0.2, 0) is 25.7 Å². The maximum atomic E-state index is 2.75. The number of benzene rings is 11. The second-order valence-corrected chi connectivity index (χ2v) is 25.5. The molecule has 0 spiro atoms. The topological polar surface area (TPSA) is 11.4 Å². The number of fused-ring (bicyclic) bond motifs is 7. The molecule has 0 saturated carbocycles. The minimum absolute atomic E-state index is 0.0847. The fraction of sp³-hybridized carbons (Fsp3) is 0.233. The predicted molar refractivity (Wildman–Crippen MR) is 389 cm³/mol. The molecule has 446 valence electrons. The lowest BCUT2D eigenvalue weighted by atomic mass is 9.33. The Hall–Kier alpha value is -9.12. The van der Waals surface area contributed by atoms with E-state index in [-0.39, 0.29) is 6.71 Å². The summed E-state index contributed by atoms with van der Waals surface area (Å²) in [5.41, 5.74) is 30.3. The van der Waals surface area contributed by atoms with Crippen LogP contribution in [-0.4, -0.2) is 11.3 Å². The summed E-state index contributed by atoms with van der Waals surface area (Å²) in [6.45, 7) is 9.19. The summed E-state index contributed by atoms with van der Waals surface area (Å²) < 4.78 is 2.60. The first-order chi connectivity index (χ1) is 44.5. The maximum absolute atomic E-state index is 2.75. The van der Waals surface area contributed by atoms with Gasteiger partial charge in [-0.3, -0.25) is 0 Å². The number of aromatic nitrogens is 1. The van der Waals surface area contributed by atoms with E-state index in [1.165, 1.54) is 203 Å². The van der Waals surface area contributed by atoms with Crippen molar-refractivity contribution in [1.29, 1.82) is 0 Å². The Morgan fingerprint density at radius 2 is 0.633 bits per heavy atom. The molecule has 11 aromatic carbocycles. The van der Waals surface area contributed by atoms with Crippen LogP contribution >= 0.6 is 0 Å². The SMILES string of the molecule is CCCCCc1ccc2c(c1)N(c1c(-c3ccccc3)cccc1-c1ccccc1)c1cc(CCCCC)cc3c1B2c1ccc(-n2c4ccc(CCCCC)cc4c4cc(CCCCC)ccc42)cc1N3c1c(-c2ccccc2)cccc1-c1ccccc1. The molecule has 0 N–H and O–H groups in total. The molecule has 2 aliphatic rings. The van der Waals surface area contributed by atoms with Gasteiger partial charge in [-0.2, -0.15) is 0 Å². The Bertz CT molecular complexity index is 4300. The first-order valence-electron chi connectivity index (χ1n) is 34.1. The van der Waals surface area contributed by atoms with Gasteiger partial charge in [-0.05, 0) is 167 Å². The van der Waals surface area contributed by atoms with Crippen LogP contribution in [0.5, 0.6) is 0 Å². The van der Waals surface area contributed by atoms with Crippen molar-refractivity contribution in [2.75, 3.05) is 9.80 Å². The van der Waals surface area contributed by atoms with E-state index < -0.39 is 0 Å². The van der Waals surface area contributed by atoms with E-state index in [9.17, 15) is 0 Å². The van der Waals surface area contributed by atoms with Gasteiger partial charge >= 0.3 is 0 Å². The van der Waals surface area contributed by atoms with E-state index in [4.69, 9.17) is 0 Å².